The Balaban J connectivity index is 0. The molecular formula is Cl5Mg-3. The summed E-state index contributed by atoms with van der Waals surface area (Å²) in [4.78, 5) is 0. The van der Waals surface area contributed by atoms with Crippen LogP contribution in [0.15, 0.2) is 0 Å². The zero-order chi connectivity index (χ0) is 0. The molecule has 0 aromatic carbocycles. The Labute approximate surface area is 84.4 Å². The van der Waals surface area contributed by atoms with Gasteiger partial charge in [-0.15, -0.1) is 0 Å². The summed E-state index contributed by atoms with van der Waals surface area (Å²) in [7, 11) is 0. The number of halogens is 5. The van der Waals surface area contributed by atoms with Gasteiger partial charge in [-0.25, -0.2) is 0 Å². The Morgan fingerprint density at radius 3 is 0.333 bits per heavy atom. The van der Waals surface area contributed by atoms with Crippen LogP contribution in [0.2, 0.25) is 0 Å². The summed E-state index contributed by atoms with van der Waals surface area (Å²) in [5.74, 6) is 0. The molecule has 0 rings (SSSR count). The molecular weight excluding hydrogens is 202 g/mol. The third-order valence-corrected chi connectivity index (χ3v) is 0. The van der Waals surface area contributed by atoms with Gasteiger partial charge in [-0.1, -0.05) is 0 Å². The van der Waals surface area contributed by atoms with E-state index < -0.39 is 0 Å². The number of rotatable bonds is 0. The summed E-state index contributed by atoms with van der Waals surface area (Å²) in [5, 5.41) is 0. The smallest absolute Gasteiger partial charge is 1.00 e. The fourth-order valence-electron chi connectivity index (χ4n) is 0. The molecule has 6 heteroatoms. The summed E-state index contributed by atoms with van der Waals surface area (Å²) in [5.41, 5.74) is 0. The van der Waals surface area contributed by atoms with Gasteiger partial charge in [0.25, 0.3) is 0 Å². The Kier molecular flexibility index (Phi) is 824. The molecule has 6 heavy (non-hydrogen) atoms. The summed E-state index contributed by atoms with van der Waals surface area (Å²) in [6.07, 6.45) is 0. The predicted octanol–water partition coefficient (Wildman–Crippen LogP) is -15.4. The molecule has 0 amide bonds. The van der Waals surface area contributed by atoms with Crippen LogP contribution in [0.1, 0.15) is 0 Å². The molecule has 0 unspecified atom stereocenters. The third-order valence-electron chi connectivity index (χ3n) is 0. The van der Waals surface area contributed by atoms with Crippen molar-refractivity contribution in [2.45, 2.75) is 0 Å². The van der Waals surface area contributed by atoms with Crippen LogP contribution in [-0.2, 0) is 0 Å². The van der Waals surface area contributed by atoms with Crippen molar-refractivity contribution < 1.29 is 62.0 Å². The fourth-order valence-corrected chi connectivity index (χ4v) is 0. The second kappa shape index (κ2) is 56.8. The van der Waals surface area contributed by atoms with Gasteiger partial charge in [-0.05, 0) is 0 Å². The zero-order valence-electron chi connectivity index (χ0n) is 2.60. The molecule has 0 saturated carbocycles. The van der Waals surface area contributed by atoms with Crippen LogP contribution in [0.25, 0.3) is 0 Å². The molecule has 0 heterocycles. The van der Waals surface area contributed by atoms with Gasteiger partial charge in [-0.2, -0.15) is 0 Å². The van der Waals surface area contributed by atoms with Gasteiger partial charge in [0, 0.05) is 0 Å². The maximum Gasteiger partial charge on any atom is 2.00 e. The van der Waals surface area contributed by atoms with Crippen LogP contribution in [0.4, 0.5) is 0 Å². The van der Waals surface area contributed by atoms with Crippen molar-refractivity contribution >= 4 is 23.1 Å². The number of hydrogen-bond donors (Lipinski definition) is 0. The Hall–Kier alpha value is 2.22. The van der Waals surface area contributed by atoms with E-state index >= 15 is 0 Å². The summed E-state index contributed by atoms with van der Waals surface area (Å²) < 4.78 is 0. The number of hydrogen-bond acceptors (Lipinski definition) is 0. The van der Waals surface area contributed by atoms with E-state index in [1.165, 1.54) is 0 Å². The second-order valence-corrected chi connectivity index (χ2v) is 0. The van der Waals surface area contributed by atoms with E-state index in [9.17, 15) is 0 Å². The van der Waals surface area contributed by atoms with Gasteiger partial charge in [0.05, 0.1) is 0 Å². The van der Waals surface area contributed by atoms with E-state index in [0.717, 1.165) is 0 Å². The molecule has 0 fully saturated rings. The molecule has 0 aromatic rings. The van der Waals surface area contributed by atoms with Crippen molar-refractivity contribution in [2.75, 3.05) is 0 Å². The average Bonchev–Trinajstić information content (AvgIpc) is 0. The van der Waals surface area contributed by atoms with E-state index in [2.05, 4.69) is 0 Å². The van der Waals surface area contributed by atoms with E-state index in [1.807, 2.05) is 0 Å². The Bertz CT molecular complexity index is 3.90. The van der Waals surface area contributed by atoms with Gasteiger partial charge >= 0.3 is 23.1 Å². The molecule has 0 N–H and O–H groups in total. The summed E-state index contributed by atoms with van der Waals surface area (Å²) >= 11 is 0. The summed E-state index contributed by atoms with van der Waals surface area (Å²) in [6, 6.07) is 0. The van der Waals surface area contributed by atoms with Gasteiger partial charge in [0.1, 0.15) is 0 Å². The maximum absolute atomic E-state index is 0. The minimum absolute atomic E-state index is 0. The van der Waals surface area contributed by atoms with Crippen LogP contribution >= 0.6 is 0 Å². The Morgan fingerprint density at radius 2 is 0.333 bits per heavy atom. The fraction of sp³-hybridized carbons (Fsp3) is 0. The minimum atomic E-state index is 0. The third kappa shape index (κ3) is 34.4. The molecule has 0 atom stereocenters. The summed E-state index contributed by atoms with van der Waals surface area (Å²) in [6.45, 7) is 0. The topological polar surface area (TPSA) is 0 Å². The second-order valence-electron chi connectivity index (χ2n) is 0. The Morgan fingerprint density at radius 1 is 0.333 bits per heavy atom. The molecule has 0 radical (unpaired) electrons. The van der Waals surface area contributed by atoms with Crippen LogP contribution in [0.5, 0.6) is 0 Å². The van der Waals surface area contributed by atoms with Gasteiger partial charge in [0.2, 0.25) is 0 Å². The van der Waals surface area contributed by atoms with Crippen molar-refractivity contribution in [2.24, 2.45) is 0 Å². The first-order valence-electron chi connectivity index (χ1n) is 0. The first kappa shape index (κ1) is 87.1. The first-order valence-corrected chi connectivity index (χ1v) is 0. The van der Waals surface area contributed by atoms with Crippen LogP contribution in [-0.4, -0.2) is 23.1 Å². The molecule has 0 aromatic heterocycles. The molecule has 0 aliphatic rings. The molecule has 0 saturated heterocycles. The SMILES string of the molecule is [Cl-].[Cl-].[Cl-].[Cl-].[Cl-].[Mg+2]. The molecule has 0 nitrogen and oxygen atoms in total. The molecule has 0 aliphatic heterocycles. The molecule has 0 bridgehead atoms. The van der Waals surface area contributed by atoms with E-state index in [1.54, 1.807) is 0 Å². The monoisotopic (exact) mass is 199 g/mol. The quantitative estimate of drug-likeness (QED) is 0.342. The molecule has 0 aliphatic carbocycles. The van der Waals surface area contributed by atoms with Crippen LogP contribution < -0.4 is 62.0 Å². The maximum atomic E-state index is 0. The molecule has 40 valence electrons. The van der Waals surface area contributed by atoms with Crippen LogP contribution in [0.3, 0.4) is 0 Å². The largest absolute Gasteiger partial charge is 2.00 e. The van der Waals surface area contributed by atoms with Crippen molar-refractivity contribution in [3.8, 4) is 0 Å². The van der Waals surface area contributed by atoms with Gasteiger partial charge in [0.15, 0.2) is 0 Å². The van der Waals surface area contributed by atoms with Crippen molar-refractivity contribution in [1.82, 2.24) is 0 Å². The van der Waals surface area contributed by atoms with E-state index in [-0.39, 0.29) is 85.1 Å². The standard InChI is InChI=1S/5ClH.Mg/h5*1H;/q;;;;;+2/p-5. The first-order chi connectivity index (χ1) is 0. The van der Waals surface area contributed by atoms with Gasteiger partial charge < -0.3 is 62.0 Å². The van der Waals surface area contributed by atoms with Gasteiger partial charge in [-0.3, -0.25) is 0 Å². The average molecular weight is 202 g/mol. The van der Waals surface area contributed by atoms with Crippen LogP contribution in [0, 0.1) is 0 Å². The van der Waals surface area contributed by atoms with Crippen molar-refractivity contribution in [3.05, 3.63) is 0 Å². The zero-order valence-corrected chi connectivity index (χ0v) is 7.79. The van der Waals surface area contributed by atoms with Crippen molar-refractivity contribution in [3.63, 3.8) is 0 Å². The predicted molar refractivity (Wildman–Crippen MR) is 5.75 cm³/mol. The normalized spacial score (nSPS) is 0. The minimum Gasteiger partial charge on any atom is -1.00 e. The van der Waals surface area contributed by atoms with Crippen molar-refractivity contribution in [1.29, 1.82) is 0 Å². The van der Waals surface area contributed by atoms with E-state index in [0.29, 0.717) is 0 Å². The molecule has 0 spiro atoms. The van der Waals surface area contributed by atoms with E-state index in [4.69, 9.17) is 0 Å².